The number of rotatable bonds is 2. The van der Waals surface area contributed by atoms with Gasteiger partial charge in [0, 0.05) is 10.0 Å². The number of halogens is 2. The molecule has 0 fully saturated rings. The topological polar surface area (TPSA) is 17.1 Å². The third kappa shape index (κ3) is 2.42. The Hall–Kier alpha value is -0.150. The molecule has 0 aliphatic carbocycles. The van der Waals surface area contributed by atoms with Gasteiger partial charge in [-0.2, -0.15) is 0 Å². The summed E-state index contributed by atoms with van der Waals surface area (Å²) in [5.41, 5.74) is 0.741. The Balaban J connectivity index is 2.90. The van der Waals surface area contributed by atoms with Crippen LogP contribution >= 0.6 is 31.9 Å². The molecule has 0 aliphatic rings. The van der Waals surface area contributed by atoms with Crippen LogP contribution in [0.1, 0.15) is 10.4 Å². The number of alkyl halides is 1. The molecule has 0 unspecified atom stereocenters. The molecular weight excluding hydrogens is 274 g/mol. The molecule has 1 aromatic rings. The van der Waals surface area contributed by atoms with Crippen molar-refractivity contribution in [3.63, 3.8) is 0 Å². The molecule has 0 radical (unpaired) electrons. The standard InChI is InChI=1S/C8H6Br2O/c9-5-8(11)6-1-3-7(10)4-2-6/h1-4H,5H2/i8+2. The Morgan fingerprint density at radius 2 is 1.82 bits per heavy atom. The maximum absolute atomic E-state index is 11.1. The molecule has 0 bridgehead atoms. The van der Waals surface area contributed by atoms with Crippen LogP contribution in [0.5, 0.6) is 0 Å². The van der Waals surface area contributed by atoms with Gasteiger partial charge in [0.1, 0.15) is 0 Å². The van der Waals surface area contributed by atoms with Crippen molar-refractivity contribution < 1.29 is 4.79 Å². The molecule has 0 heterocycles. The van der Waals surface area contributed by atoms with Gasteiger partial charge in [-0.05, 0) is 12.1 Å². The lowest BCUT2D eigenvalue weighted by Gasteiger charge is -1.95. The van der Waals surface area contributed by atoms with Gasteiger partial charge < -0.3 is 0 Å². The molecule has 0 atom stereocenters. The lowest BCUT2D eigenvalue weighted by atomic mass is 10.3. The summed E-state index contributed by atoms with van der Waals surface area (Å²) in [6, 6.07) is 7.31. The Morgan fingerprint density at radius 3 is 2.27 bits per heavy atom. The van der Waals surface area contributed by atoms with Gasteiger partial charge >= 0.3 is 0 Å². The van der Waals surface area contributed by atoms with Crippen LogP contribution in [0.3, 0.4) is 0 Å². The van der Waals surface area contributed by atoms with Crippen molar-refractivity contribution in [2.75, 3.05) is 5.33 Å². The Morgan fingerprint density at radius 1 is 1.27 bits per heavy atom. The Kier molecular flexibility index (Phi) is 3.27. The van der Waals surface area contributed by atoms with E-state index in [1.165, 1.54) is 0 Å². The highest BCUT2D eigenvalue weighted by atomic mass is 79.9. The normalized spacial score (nSPS) is 9.64. The van der Waals surface area contributed by atoms with Gasteiger partial charge in [-0.15, -0.1) is 0 Å². The van der Waals surface area contributed by atoms with Gasteiger partial charge in [-0.1, -0.05) is 44.0 Å². The minimum Gasteiger partial charge on any atom is -0.293 e. The molecule has 0 aromatic heterocycles. The first-order valence-corrected chi connectivity index (χ1v) is 5.00. The maximum atomic E-state index is 11.1. The van der Waals surface area contributed by atoms with E-state index in [2.05, 4.69) is 31.9 Å². The molecule has 0 saturated heterocycles. The predicted octanol–water partition coefficient (Wildman–Crippen LogP) is 3.03. The summed E-state index contributed by atoms with van der Waals surface area (Å²) in [5, 5.41) is 0.384. The fraction of sp³-hybridized carbons (Fsp3) is 0.125. The van der Waals surface area contributed by atoms with E-state index in [-0.39, 0.29) is 5.78 Å². The van der Waals surface area contributed by atoms with Gasteiger partial charge in [-0.3, -0.25) is 4.79 Å². The summed E-state index contributed by atoms with van der Waals surface area (Å²) in [5.74, 6) is 0.109. The second-order valence-corrected chi connectivity index (χ2v) is 3.54. The third-order valence-corrected chi connectivity index (χ3v) is 2.33. The van der Waals surface area contributed by atoms with Crippen LogP contribution in [0.15, 0.2) is 28.7 Å². The first-order chi connectivity index (χ1) is 5.24. The van der Waals surface area contributed by atoms with Crippen LogP contribution in [0.2, 0.25) is 0 Å². The number of benzene rings is 1. The van der Waals surface area contributed by atoms with Crippen molar-refractivity contribution in [2.45, 2.75) is 0 Å². The summed E-state index contributed by atoms with van der Waals surface area (Å²) >= 11 is 6.40. The van der Waals surface area contributed by atoms with E-state index in [1.807, 2.05) is 12.1 Å². The number of carbonyl (C=O) groups is 1. The first kappa shape index (κ1) is 8.94. The lowest BCUT2D eigenvalue weighted by molar-refractivity contribution is 0.102. The summed E-state index contributed by atoms with van der Waals surface area (Å²) < 4.78 is 0.989. The molecule has 0 aliphatic heterocycles. The largest absolute Gasteiger partial charge is 0.293 e. The minimum atomic E-state index is 0.109. The summed E-state index contributed by atoms with van der Waals surface area (Å²) in [6.07, 6.45) is 0. The molecule has 0 saturated carbocycles. The predicted molar refractivity (Wildman–Crippen MR) is 52.3 cm³/mol. The highest BCUT2D eigenvalue weighted by Crippen LogP contribution is 2.11. The second kappa shape index (κ2) is 4.02. The molecule has 3 heteroatoms. The van der Waals surface area contributed by atoms with E-state index < -0.39 is 0 Å². The molecular formula is C8H6Br2O. The fourth-order valence-electron chi connectivity index (χ4n) is 0.713. The Bertz CT molecular complexity index is 253. The highest BCUT2D eigenvalue weighted by molar-refractivity contribution is 9.10. The zero-order valence-corrected chi connectivity index (χ0v) is 8.85. The van der Waals surface area contributed by atoms with Gasteiger partial charge in [0.15, 0.2) is 5.78 Å². The van der Waals surface area contributed by atoms with Crippen LogP contribution < -0.4 is 0 Å². The molecule has 11 heavy (non-hydrogen) atoms. The van der Waals surface area contributed by atoms with Crippen LogP contribution in [-0.2, 0) is 0 Å². The molecule has 1 rings (SSSR count). The van der Waals surface area contributed by atoms with Gasteiger partial charge in [0.2, 0.25) is 0 Å². The van der Waals surface area contributed by atoms with Crippen molar-refractivity contribution in [1.29, 1.82) is 0 Å². The molecule has 0 N–H and O–H groups in total. The fourth-order valence-corrected chi connectivity index (χ4v) is 1.30. The van der Waals surface area contributed by atoms with E-state index >= 15 is 0 Å². The average Bonchev–Trinajstić information content (AvgIpc) is 2.05. The number of Topliss-reactive ketones (excluding diaryl/α,β-unsaturated/α-hetero) is 1. The van der Waals surface area contributed by atoms with Crippen molar-refractivity contribution in [3.05, 3.63) is 34.3 Å². The van der Waals surface area contributed by atoms with E-state index in [9.17, 15) is 4.79 Å². The smallest absolute Gasteiger partial charge is 0.173 e. The van der Waals surface area contributed by atoms with Crippen molar-refractivity contribution in [2.24, 2.45) is 0 Å². The van der Waals surface area contributed by atoms with Gasteiger partial charge in [0.25, 0.3) is 0 Å². The number of ketones is 1. The zero-order valence-electron chi connectivity index (χ0n) is 5.68. The molecule has 1 aromatic carbocycles. The maximum Gasteiger partial charge on any atom is 0.173 e. The quantitative estimate of drug-likeness (QED) is 0.601. The van der Waals surface area contributed by atoms with Crippen molar-refractivity contribution in [3.8, 4) is 0 Å². The van der Waals surface area contributed by atoms with E-state index in [0.29, 0.717) is 5.33 Å². The number of hydrogen-bond donors (Lipinski definition) is 0. The van der Waals surface area contributed by atoms with Crippen molar-refractivity contribution >= 4 is 37.6 Å². The van der Waals surface area contributed by atoms with Crippen molar-refractivity contribution in [1.82, 2.24) is 0 Å². The SMILES string of the molecule is O=[14C](CBr)c1ccc(Br)cc1. The minimum absolute atomic E-state index is 0.109. The summed E-state index contributed by atoms with van der Waals surface area (Å²) in [7, 11) is 0. The molecule has 0 amide bonds. The van der Waals surface area contributed by atoms with Crippen LogP contribution in [0.25, 0.3) is 0 Å². The highest BCUT2D eigenvalue weighted by Gasteiger charge is 2.01. The molecule has 58 valence electrons. The molecule has 1 nitrogen and oxygen atoms in total. The average molecular weight is 280 g/mol. The number of hydrogen-bond acceptors (Lipinski definition) is 1. The van der Waals surface area contributed by atoms with Crippen LogP contribution in [0.4, 0.5) is 0 Å². The summed E-state index contributed by atoms with van der Waals surface area (Å²) in [4.78, 5) is 11.1. The van der Waals surface area contributed by atoms with Crippen LogP contribution in [-0.4, -0.2) is 11.1 Å². The first-order valence-electron chi connectivity index (χ1n) is 3.09. The Labute approximate surface area is 82.1 Å². The van der Waals surface area contributed by atoms with E-state index in [0.717, 1.165) is 10.0 Å². The molecule has 0 spiro atoms. The monoisotopic (exact) mass is 278 g/mol. The third-order valence-electron chi connectivity index (χ3n) is 1.29. The van der Waals surface area contributed by atoms with E-state index in [4.69, 9.17) is 0 Å². The second-order valence-electron chi connectivity index (χ2n) is 2.06. The van der Waals surface area contributed by atoms with E-state index in [1.54, 1.807) is 12.1 Å². The van der Waals surface area contributed by atoms with Crippen LogP contribution in [0, 0.1) is 0 Å². The van der Waals surface area contributed by atoms with Gasteiger partial charge in [-0.25, -0.2) is 0 Å². The zero-order chi connectivity index (χ0) is 8.27. The lowest BCUT2D eigenvalue weighted by Crippen LogP contribution is -1.98. The van der Waals surface area contributed by atoms with Gasteiger partial charge in [0.05, 0.1) is 5.33 Å². The summed E-state index contributed by atoms with van der Waals surface area (Å²) in [6.45, 7) is 0. The number of carbonyl (C=O) groups excluding carboxylic acids is 1.